The molecule has 1 N–H and O–H groups in total. The van der Waals surface area contributed by atoms with E-state index < -0.39 is 0 Å². The molecule has 0 saturated heterocycles. The fourth-order valence-electron chi connectivity index (χ4n) is 4.39. The number of pyridine rings is 1. The molecule has 5 heteroatoms. The Balaban J connectivity index is 1.45. The van der Waals surface area contributed by atoms with E-state index in [4.69, 9.17) is 9.97 Å². The fourth-order valence-corrected chi connectivity index (χ4v) is 5.35. The van der Waals surface area contributed by atoms with Crippen molar-refractivity contribution in [1.29, 1.82) is 0 Å². The Morgan fingerprint density at radius 3 is 2.50 bits per heavy atom. The van der Waals surface area contributed by atoms with E-state index in [1.807, 2.05) is 24.3 Å². The Morgan fingerprint density at radius 2 is 1.81 bits per heavy atom. The SMILES string of the molecule is CC[C@@H](C)N[C@H](C)c1ccc(-c2nc3ccc(C4(c5ccccc5)CC4)nc3s2)c(F)c1. The van der Waals surface area contributed by atoms with Crippen molar-refractivity contribution in [3.8, 4) is 10.6 Å². The minimum atomic E-state index is -0.234. The summed E-state index contributed by atoms with van der Waals surface area (Å²) in [6.07, 6.45) is 3.26. The molecular weight excluding hydrogens is 417 g/mol. The number of nitrogens with zero attached hydrogens (tertiary/aromatic N) is 2. The van der Waals surface area contributed by atoms with Crippen molar-refractivity contribution < 1.29 is 4.39 Å². The Labute approximate surface area is 192 Å². The van der Waals surface area contributed by atoms with Gasteiger partial charge in [0.2, 0.25) is 0 Å². The van der Waals surface area contributed by atoms with Gasteiger partial charge in [-0.05, 0) is 68.5 Å². The number of hydrogen-bond acceptors (Lipinski definition) is 4. The molecule has 0 unspecified atom stereocenters. The summed E-state index contributed by atoms with van der Waals surface area (Å²) in [5.41, 5.74) is 4.74. The number of benzene rings is 2. The number of aromatic nitrogens is 2. The fraction of sp³-hybridized carbons (Fsp3) is 0.333. The highest BCUT2D eigenvalue weighted by atomic mass is 32.1. The van der Waals surface area contributed by atoms with Gasteiger partial charge in [0.05, 0.1) is 5.69 Å². The van der Waals surface area contributed by atoms with Crippen LogP contribution in [-0.4, -0.2) is 16.0 Å². The average Bonchev–Trinajstić information content (AvgIpc) is 3.52. The predicted molar refractivity (Wildman–Crippen MR) is 131 cm³/mol. The smallest absolute Gasteiger partial charge is 0.144 e. The minimum Gasteiger partial charge on any atom is -0.308 e. The summed E-state index contributed by atoms with van der Waals surface area (Å²) in [6.45, 7) is 6.36. The average molecular weight is 446 g/mol. The number of fused-ring (bicyclic) bond motifs is 1. The molecule has 5 rings (SSSR count). The summed E-state index contributed by atoms with van der Waals surface area (Å²) >= 11 is 1.47. The normalized spacial score (nSPS) is 16.8. The number of thiazole rings is 1. The lowest BCUT2D eigenvalue weighted by atomic mass is 9.92. The van der Waals surface area contributed by atoms with Crippen LogP contribution in [0.25, 0.3) is 20.9 Å². The van der Waals surface area contributed by atoms with E-state index >= 15 is 4.39 Å². The van der Waals surface area contributed by atoms with Crippen molar-refractivity contribution in [2.45, 2.75) is 57.5 Å². The van der Waals surface area contributed by atoms with Crippen LogP contribution < -0.4 is 5.32 Å². The largest absolute Gasteiger partial charge is 0.308 e. The Hall–Kier alpha value is -2.63. The van der Waals surface area contributed by atoms with Gasteiger partial charge >= 0.3 is 0 Å². The first kappa shape index (κ1) is 21.2. The molecule has 164 valence electrons. The van der Waals surface area contributed by atoms with E-state index in [0.29, 0.717) is 16.6 Å². The van der Waals surface area contributed by atoms with Crippen LogP contribution >= 0.6 is 11.3 Å². The molecule has 1 aliphatic rings. The monoisotopic (exact) mass is 445 g/mol. The van der Waals surface area contributed by atoms with Gasteiger partial charge < -0.3 is 5.32 Å². The third-order valence-corrected chi connectivity index (χ3v) is 7.69. The van der Waals surface area contributed by atoms with Gasteiger partial charge in [-0.1, -0.05) is 54.7 Å². The van der Waals surface area contributed by atoms with Crippen LogP contribution in [0.1, 0.15) is 62.9 Å². The summed E-state index contributed by atoms with van der Waals surface area (Å²) in [5.74, 6) is -0.234. The van der Waals surface area contributed by atoms with E-state index in [1.54, 1.807) is 6.07 Å². The van der Waals surface area contributed by atoms with Gasteiger partial charge in [0.1, 0.15) is 21.2 Å². The minimum absolute atomic E-state index is 0.0191. The lowest BCUT2D eigenvalue weighted by Gasteiger charge is -2.19. The molecule has 1 aliphatic carbocycles. The molecule has 4 aromatic rings. The lowest BCUT2D eigenvalue weighted by molar-refractivity contribution is 0.467. The first-order chi connectivity index (χ1) is 15.5. The standard InChI is InChI=1S/C27H28FN3S/c1-4-17(2)29-18(3)19-10-11-21(22(28)16-19)25-30-23-12-13-24(31-26(23)32-25)27(14-15-27)20-8-6-5-7-9-20/h5-13,16-18,29H,4,14-15H2,1-3H3/t17-,18-/m1/s1. The third-order valence-electron chi connectivity index (χ3n) is 6.69. The van der Waals surface area contributed by atoms with Gasteiger partial charge in [0.25, 0.3) is 0 Å². The van der Waals surface area contributed by atoms with Crippen LogP contribution in [-0.2, 0) is 5.41 Å². The number of halogens is 1. The number of rotatable bonds is 7. The van der Waals surface area contributed by atoms with Gasteiger partial charge in [-0.15, -0.1) is 0 Å². The highest BCUT2D eigenvalue weighted by Gasteiger charge is 2.47. The molecule has 2 aromatic heterocycles. The van der Waals surface area contributed by atoms with Crippen molar-refractivity contribution in [2.24, 2.45) is 0 Å². The summed E-state index contributed by atoms with van der Waals surface area (Å²) in [7, 11) is 0. The quantitative estimate of drug-likeness (QED) is 0.332. The van der Waals surface area contributed by atoms with Crippen molar-refractivity contribution in [2.75, 3.05) is 0 Å². The van der Waals surface area contributed by atoms with Gasteiger partial charge in [0, 0.05) is 23.1 Å². The Kier molecular flexibility index (Phi) is 5.56. The summed E-state index contributed by atoms with van der Waals surface area (Å²) in [5, 5.41) is 4.19. The summed E-state index contributed by atoms with van der Waals surface area (Å²) < 4.78 is 15.1. The molecule has 32 heavy (non-hydrogen) atoms. The van der Waals surface area contributed by atoms with Gasteiger partial charge in [-0.25, -0.2) is 14.4 Å². The van der Waals surface area contributed by atoms with Gasteiger partial charge in [0.15, 0.2) is 0 Å². The molecule has 1 saturated carbocycles. The van der Waals surface area contributed by atoms with Crippen LogP contribution in [0.2, 0.25) is 0 Å². The van der Waals surface area contributed by atoms with Crippen LogP contribution in [0.5, 0.6) is 0 Å². The maximum absolute atomic E-state index is 15.1. The molecular formula is C27H28FN3S. The first-order valence-electron chi connectivity index (χ1n) is 11.4. The molecule has 2 atom stereocenters. The second-order valence-electron chi connectivity index (χ2n) is 8.92. The maximum Gasteiger partial charge on any atom is 0.144 e. The van der Waals surface area contributed by atoms with Crippen LogP contribution in [0.3, 0.4) is 0 Å². The molecule has 0 bridgehead atoms. The molecule has 2 heterocycles. The Bertz CT molecular complexity index is 1250. The number of nitrogens with one attached hydrogen (secondary N) is 1. The van der Waals surface area contributed by atoms with E-state index in [9.17, 15) is 0 Å². The topological polar surface area (TPSA) is 37.8 Å². The van der Waals surface area contributed by atoms with E-state index in [1.165, 1.54) is 16.9 Å². The zero-order chi connectivity index (χ0) is 22.3. The second-order valence-corrected chi connectivity index (χ2v) is 9.90. The molecule has 0 radical (unpaired) electrons. The second kappa shape index (κ2) is 8.38. The predicted octanol–water partition coefficient (Wildman–Crippen LogP) is 7.03. The summed E-state index contributed by atoms with van der Waals surface area (Å²) in [4.78, 5) is 10.5. The first-order valence-corrected chi connectivity index (χ1v) is 12.2. The molecule has 0 spiro atoms. The molecule has 0 aliphatic heterocycles. The van der Waals surface area contributed by atoms with Crippen LogP contribution in [0, 0.1) is 5.82 Å². The maximum atomic E-state index is 15.1. The van der Waals surface area contributed by atoms with Crippen molar-refractivity contribution in [3.05, 3.63) is 83.3 Å². The summed E-state index contributed by atoms with van der Waals surface area (Å²) in [6, 6.07) is 20.7. The van der Waals surface area contributed by atoms with Crippen molar-refractivity contribution >= 4 is 21.7 Å². The Morgan fingerprint density at radius 1 is 1.03 bits per heavy atom. The van der Waals surface area contributed by atoms with Crippen LogP contribution in [0.15, 0.2) is 60.7 Å². The van der Waals surface area contributed by atoms with Crippen molar-refractivity contribution in [1.82, 2.24) is 15.3 Å². The van der Waals surface area contributed by atoms with Crippen LogP contribution in [0.4, 0.5) is 4.39 Å². The molecule has 1 fully saturated rings. The highest BCUT2D eigenvalue weighted by Crippen LogP contribution is 2.53. The van der Waals surface area contributed by atoms with Crippen molar-refractivity contribution in [3.63, 3.8) is 0 Å². The third kappa shape index (κ3) is 3.84. The van der Waals surface area contributed by atoms with E-state index in [-0.39, 0.29) is 17.3 Å². The zero-order valence-corrected chi connectivity index (χ0v) is 19.5. The van der Waals surface area contributed by atoms with E-state index in [2.05, 4.69) is 56.4 Å². The zero-order valence-electron chi connectivity index (χ0n) is 18.7. The molecule has 0 amide bonds. The number of hydrogen-bond donors (Lipinski definition) is 1. The van der Waals surface area contributed by atoms with Gasteiger partial charge in [-0.2, -0.15) is 0 Å². The lowest BCUT2D eigenvalue weighted by Crippen LogP contribution is -2.28. The molecule has 3 nitrogen and oxygen atoms in total. The molecule has 2 aromatic carbocycles. The highest BCUT2D eigenvalue weighted by molar-refractivity contribution is 7.21. The van der Waals surface area contributed by atoms with Gasteiger partial charge in [-0.3, -0.25) is 0 Å². The van der Waals surface area contributed by atoms with E-state index in [0.717, 1.165) is 40.9 Å².